The van der Waals surface area contributed by atoms with Gasteiger partial charge in [-0.15, -0.1) is 0 Å². The minimum absolute atomic E-state index is 0.0765. The van der Waals surface area contributed by atoms with Gasteiger partial charge < -0.3 is 15.1 Å². The van der Waals surface area contributed by atoms with Crippen molar-refractivity contribution in [2.45, 2.75) is 32.2 Å². The molecule has 2 aliphatic heterocycles. The van der Waals surface area contributed by atoms with Gasteiger partial charge in [-0.2, -0.15) is 0 Å². The maximum atomic E-state index is 12.6. The lowest BCUT2D eigenvalue weighted by atomic mass is 10.0. The first kappa shape index (κ1) is 18.4. The lowest BCUT2D eigenvalue weighted by Crippen LogP contribution is -2.55. The largest absolute Gasteiger partial charge is 0.340 e. The number of carbonyl (C=O) groups excluding carboxylic acids is 2. The van der Waals surface area contributed by atoms with E-state index in [2.05, 4.69) is 41.4 Å². The van der Waals surface area contributed by atoms with Gasteiger partial charge in [-0.3, -0.25) is 14.9 Å². The average Bonchev–Trinajstić information content (AvgIpc) is 2.62. The molecule has 140 valence electrons. The number of hydrogen-bond donors (Lipinski definition) is 2. The monoisotopic (exact) mass is 357 g/mol. The van der Waals surface area contributed by atoms with Crippen molar-refractivity contribution < 1.29 is 9.59 Å². The summed E-state index contributed by atoms with van der Waals surface area (Å²) in [6, 6.07) is 7.10. The fraction of sp³-hybridized carbons (Fsp3) is 0.526. The zero-order chi connectivity index (χ0) is 18.7. The number of likely N-dealkylation sites (N-methyl/N-ethyl adjacent to an activating group) is 1. The molecule has 2 aliphatic rings. The number of nitrogens with one attached hydrogen (secondary N) is 2. The van der Waals surface area contributed by atoms with E-state index >= 15 is 0 Å². The molecular weight excluding hydrogens is 330 g/mol. The molecule has 0 aliphatic carbocycles. The van der Waals surface area contributed by atoms with Gasteiger partial charge >= 0.3 is 0 Å². The first-order valence-corrected chi connectivity index (χ1v) is 9.14. The molecule has 1 aromatic rings. The Morgan fingerprint density at radius 1 is 1.19 bits per heavy atom. The molecule has 3 rings (SSSR count). The lowest BCUT2D eigenvalue weighted by Gasteiger charge is -2.36. The Kier molecular flexibility index (Phi) is 5.56. The van der Waals surface area contributed by atoms with Crippen LogP contribution in [0.5, 0.6) is 0 Å². The van der Waals surface area contributed by atoms with Crippen LogP contribution in [0.1, 0.15) is 31.7 Å². The van der Waals surface area contributed by atoms with Gasteiger partial charge in [0, 0.05) is 31.9 Å². The number of aliphatic imine (C=N–C) groups is 1. The smallest absolute Gasteiger partial charge is 0.249 e. The number of nitrogens with zero attached hydrogens (tertiary/aromatic N) is 3. The van der Waals surface area contributed by atoms with Gasteiger partial charge in [-0.1, -0.05) is 26.0 Å². The molecule has 0 bridgehead atoms. The van der Waals surface area contributed by atoms with E-state index in [0.717, 1.165) is 31.9 Å². The molecule has 2 amide bonds. The van der Waals surface area contributed by atoms with Crippen molar-refractivity contribution in [3.8, 4) is 0 Å². The van der Waals surface area contributed by atoms with E-state index < -0.39 is 6.04 Å². The Labute approximate surface area is 154 Å². The normalized spacial score (nSPS) is 21.4. The third-order valence-electron chi connectivity index (χ3n) is 4.86. The Bertz CT molecular complexity index is 690. The van der Waals surface area contributed by atoms with Crippen LogP contribution in [0.2, 0.25) is 0 Å². The van der Waals surface area contributed by atoms with Crippen LogP contribution < -0.4 is 10.6 Å². The summed E-state index contributed by atoms with van der Waals surface area (Å²) >= 11 is 0. The maximum absolute atomic E-state index is 12.6. The summed E-state index contributed by atoms with van der Waals surface area (Å²) in [6.45, 7) is 7.66. The number of rotatable bonds is 3. The predicted molar refractivity (Wildman–Crippen MR) is 102 cm³/mol. The molecule has 26 heavy (non-hydrogen) atoms. The van der Waals surface area contributed by atoms with Crippen LogP contribution in [0.15, 0.2) is 29.3 Å². The number of carbonyl (C=O) groups is 2. The number of benzene rings is 1. The fourth-order valence-corrected chi connectivity index (χ4v) is 3.08. The summed E-state index contributed by atoms with van der Waals surface area (Å²) in [5.41, 5.74) is 1.94. The van der Waals surface area contributed by atoms with Crippen molar-refractivity contribution in [2.24, 2.45) is 4.99 Å². The first-order valence-electron chi connectivity index (χ1n) is 9.14. The van der Waals surface area contributed by atoms with Crippen molar-refractivity contribution >= 4 is 23.5 Å². The second-order valence-corrected chi connectivity index (χ2v) is 7.28. The van der Waals surface area contributed by atoms with E-state index in [-0.39, 0.29) is 18.2 Å². The molecule has 2 N–H and O–H groups in total. The summed E-state index contributed by atoms with van der Waals surface area (Å²) < 4.78 is 0. The number of anilines is 1. The quantitative estimate of drug-likeness (QED) is 0.853. The Morgan fingerprint density at radius 2 is 1.85 bits per heavy atom. The molecule has 0 aromatic heterocycles. The molecule has 0 saturated carbocycles. The molecule has 2 heterocycles. The molecule has 1 aromatic carbocycles. The molecule has 0 radical (unpaired) electrons. The zero-order valence-corrected chi connectivity index (χ0v) is 15.7. The topological polar surface area (TPSA) is 77.0 Å². The van der Waals surface area contributed by atoms with E-state index in [1.807, 2.05) is 29.2 Å². The third kappa shape index (κ3) is 4.40. The number of piperazine rings is 1. The van der Waals surface area contributed by atoms with Gasteiger partial charge in [0.25, 0.3) is 0 Å². The second kappa shape index (κ2) is 7.86. The predicted octanol–water partition coefficient (Wildman–Crippen LogP) is 1.24. The van der Waals surface area contributed by atoms with E-state index in [0.29, 0.717) is 11.9 Å². The molecule has 0 spiro atoms. The third-order valence-corrected chi connectivity index (χ3v) is 4.86. The van der Waals surface area contributed by atoms with E-state index in [9.17, 15) is 9.59 Å². The maximum Gasteiger partial charge on any atom is 0.249 e. The summed E-state index contributed by atoms with van der Waals surface area (Å²) in [5, 5.41) is 5.68. The SMILES string of the molecule is CC(C)c1ccc(NC(=O)C2CC(=O)NC(N3CCN(C)CC3)=N2)cc1. The summed E-state index contributed by atoms with van der Waals surface area (Å²) in [6.07, 6.45) is 0.0765. The van der Waals surface area contributed by atoms with Crippen LogP contribution in [0.25, 0.3) is 0 Å². The van der Waals surface area contributed by atoms with Gasteiger partial charge in [0.05, 0.1) is 6.42 Å². The van der Waals surface area contributed by atoms with Crippen LogP contribution >= 0.6 is 0 Å². The summed E-state index contributed by atoms with van der Waals surface area (Å²) in [7, 11) is 2.07. The lowest BCUT2D eigenvalue weighted by molar-refractivity contribution is -0.125. The minimum Gasteiger partial charge on any atom is -0.340 e. The highest BCUT2D eigenvalue weighted by Crippen LogP contribution is 2.18. The van der Waals surface area contributed by atoms with Gasteiger partial charge in [0.2, 0.25) is 17.8 Å². The van der Waals surface area contributed by atoms with Gasteiger partial charge in [0.15, 0.2) is 0 Å². The van der Waals surface area contributed by atoms with E-state index in [1.54, 1.807) is 0 Å². The molecule has 7 nitrogen and oxygen atoms in total. The van der Waals surface area contributed by atoms with Crippen LogP contribution in [-0.2, 0) is 9.59 Å². The molecule has 1 atom stereocenters. The standard InChI is InChI=1S/C19H27N5O2/c1-13(2)14-4-6-15(7-5-14)20-18(26)16-12-17(25)22-19(21-16)24-10-8-23(3)9-11-24/h4-7,13,16H,8-12H2,1-3H3,(H,20,26)(H,21,22,25). The highest BCUT2D eigenvalue weighted by molar-refractivity contribution is 6.05. The van der Waals surface area contributed by atoms with Crippen molar-refractivity contribution in [3.63, 3.8) is 0 Å². The molecule has 1 unspecified atom stereocenters. The zero-order valence-electron chi connectivity index (χ0n) is 15.7. The highest BCUT2D eigenvalue weighted by atomic mass is 16.2. The van der Waals surface area contributed by atoms with Gasteiger partial charge in [-0.25, -0.2) is 4.99 Å². The Morgan fingerprint density at radius 3 is 2.46 bits per heavy atom. The highest BCUT2D eigenvalue weighted by Gasteiger charge is 2.30. The second-order valence-electron chi connectivity index (χ2n) is 7.28. The van der Waals surface area contributed by atoms with Crippen molar-refractivity contribution in [3.05, 3.63) is 29.8 Å². The molecule has 7 heteroatoms. The summed E-state index contributed by atoms with van der Waals surface area (Å²) in [4.78, 5) is 33.4. The number of hydrogen-bond acceptors (Lipinski definition) is 5. The van der Waals surface area contributed by atoms with Crippen molar-refractivity contribution in [1.82, 2.24) is 15.1 Å². The van der Waals surface area contributed by atoms with E-state index in [1.165, 1.54) is 5.56 Å². The first-order chi connectivity index (χ1) is 12.4. The van der Waals surface area contributed by atoms with Crippen LogP contribution in [0.3, 0.4) is 0 Å². The van der Waals surface area contributed by atoms with Crippen LogP contribution in [0.4, 0.5) is 5.69 Å². The van der Waals surface area contributed by atoms with Crippen molar-refractivity contribution in [2.75, 3.05) is 38.5 Å². The minimum atomic E-state index is -0.691. The van der Waals surface area contributed by atoms with Crippen LogP contribution in [-0.4, -0.2) is 66.8 Å². The van der Waals surface area contributed by atoms with E-state index in [4.69, 9.17) is 0 Å². The van der Waals surface area contributed by atoms with Gasteiger partial charge in [-0.05, 0) is 30.7 Å². The van der Waals surface area contributed by atoms with Crippen LogP contribution in [0, 0.1) is 0 Å². The average molecular weight is 357 g/mol. The van der Waals surface area contributed by atoms with Crippen molar-refractivity contribution in [1.29, 1.82) is 0 Å². The van der Waals surface area contributed by atoms with Gasteiger partial charge in [0.1, 0.15) is 6.04 Å². The Balaban J connectivity index is 1.67. The summed E-state index contributed by atoms with van der Waals surface area (Å²) in [5.74, 6) is 0.551. The Hall–Kier alpha value is -2.41. The molecule has 1 fully saturated rings. The molecule has 1 saturated heterocycles. The number of amides is 2. The molecular formula is C19H27N5O2. The number of guanidine groups is 1. The fourth-order valence-electron chi connectivity index (χ4n) is 3.08.